The Labute approximate surface area is 158 Å². The Kier molecular flexibility index (Phi) is 6.44. The van der Waals surface area contributed by atoms with E-state index in [4.69, 9.17) is 4.74 Å². The third-order valence-electron chi connectivity index (χ3n) is 4.67. The molecule has 1 aliphatic heterocycles. The second kappa shape index (κ2) is 8.98. The number of nitrogens with one attached hydrogen (secondary N) is 1. The van der Waals surface area contributed by atoms with Crippen molar-refractivity contribution in [2.45, 2.75) is 19.4 Å². The van der Waals surface area contributed by atoms with Crippen LogP contribution in [0.25, 0.3) is 0 Å². The topological polar surface area (TPSA) is 59.4 Å². The van der Waals surface area contributed by atoms with Crippen LogP contribution < -0.4 is 10.1 Å². The smallest absolute Gasteiger partial charge is 0.323 e. The highest BCUT2D eigenvalue weighted by atomic mass is 32.2. The van der Waals surface area contributed by atoms with Gasteiger partial charge >= 0.3 is 6.03 Å². The van der Waals surface area contributed by atoms with Crippen LogP contribution in [0.3, 0.4) is 0 Å². The lowest BCUT2D eigenvalue weighted by Crippen LogP contribution is -2.43. The SMILES string of the molecule is COc1ccccc1Cn1nccc1NC(=O)N1CCCC(CSC)C1. The standard InChI is InChI=1S/C19H26N4O2S/c1-25-17-8-4-3-7-16(17)13-23-18(9-10-20-23)21-19(24)22-11-5-6-15(12-22)14-26-2/h3-4,7-10,15H,5-6,11-14H2,1-2H3,(H,21,24). The number of amides is 2. The van der Waals surface area contributed by atoms with Crippen LogP contribution >= 0.6 is 11.8 Å². The summed E-state index contributed by atoms with van der Waals surface area (Å²) in [5.41, 5.74) is 1.02. The summed E-state index contributed by atoms with van der Waals surface area (Å²) >= 11 is 1.85. The van der Waals surface area contributed by atoms with Crippen LogP contribution in [0.5, 0.6) is 5.75 Å². The van der Waals surface area contributed by atoms with Crippen molar-refractivity contribution >= 4 is 23.6 Å². The number of likely N-dealkylation sites (tertiary alicyclic amines) is 1. The van der Waals surface area contributed by atoms with Gasteiger partial charge < -0.3 is 9.64 Å². The molecule has 1 N–H and O–H groups in total. The molecule has 2 amide bonds. The van der Waals surface area contributed by atoms with E-state index in [1.807, 2.05) is 47.0 Å². The predicted molar refractivity (Wildman–Crippen MR) is 106 cm³/mol. The number of rotatable bonds is 6. The number of benzene rings is 1. The molecular weight excluding hydrogens is 348 g/mol. The molecule has 6 nitrogen and oxygen atoms in total. The van der Waals surface area contributed by atoms with E-state index < -0.39 is 0 Å². The van der Waals surface area contributed by atoms with Gasteiger partial charge in [-0.15, -0.1) is 0 Å². The van der Waals surface area contributed by atoms with E-state index in [1.165, 1.54) is 6.42 Å². The summed E-state index contributed by atoms with van der Waals surface area (Å²) in [6.45, 7) is 2.19. The van der Waals surface area contributed by atoms with Crippen LogP contribution in [0.1, 0.15) is 18.4 Å². The zero-order valence-corrected chi connectivity index (χ0v) is 16.2. The Morgan fingerprint density at radius 1 is 1.38 bits per heavy atom. The molecule has 0 spiro atoms. The molecule has 0 aliphatic carbocycles. The predicted octanol–water partition coefficient (Wildman–Crippen LogP) is 3.55. The minimum atomic E-state index is -0.0439. The van der Waals surface area contributed by atoms with Gasteiger partial charge in [-0.25, -0.2) is 9.48 Å². The van der Waals surface area contributed by atoms with Gasteiger partial charge in [-0.3, -0.25) is 5.32 Å². The van der Waals surface area contributed by atoms with E-state index in [-0.39, 0.29) is 6.03 Å². The second-order valence-electron chi connectivity index (χ2n) is 6.53. The van der Waals surface area contributed by atoms with Crippen LogP contribution in [-0.2, 0) is 6.54 Å². The van der Waals surface area contributed by atoms with Crippen LogP contribution in [0.15, 0.2) is 36.5 Å². The van der Waals surface area contributed by atoms with Crippen molar-refractivity contribution in [2.75, 3.05) is 37.5 Å². The minimum absolute atomic E-state index is 0.0439. The second-order valence-corrected chi connectivity index (χ2v) is 7.44. The first-order chi connectivity index (χ1) is 12.7. The fourth-order valence-electron chi connectivity index (χ4n) is 3.37. The molecule has 7 heteroatoms. The van der Waals surface area contributed by atoms with Gasteiger partial charge in [-0.1, -0.05) is 18.2 Å². The maximum absolute atomic E-state index is 12.7. The largest absolute Gasteiger partial charge is 0.496 e. The van der Waals surface area contributed by atoms with Crippen LogP contribution in [0, 0.1) is 5.92 Å². The molecule has 1 atom stereocenters. The van der Waals surface area contributed by atoms with Crippen LogP contribution in [-0.4, -0.2) is 52.9 Å². The number of hydrogen-bond donors (Lipinski definition) is 1. The lowest BCUT2D eigenvalue weighted by Gasteiger charge is -2.32. The van der Waals surface area contributed by atoms with E-state index in [9.17, 15) is 4.79 Å². The molecular formula is C19H26N4O2S. The van der Waals surface area contributed by atoms with E-state index in [0.717, 1.165) is 36.6 Å². The number of thioether (sulfide) groups is 1. The number of ether oxygens (including phenoxy) is 1. The number of urea groups is 1. The first-order valence-electron chi connectivity index (χ1n) is 8.90. The van der Waals surface area contributed by atoms with Gasteiger partial charge in [-0.2, -0.15) is 16.9 Å². The zero-order valence-electron chi connectivity index (χ0n) is 15.4. The first kappa shape index (κ1) is 18.6. The average molecular weight is 375 g/mol. The molecule has 1 unspecified atom stereocenters. The maximum Gasteiger partial charge on any atom is 0.323 e. The Bertz CT molecular complexity index is 732. The number of carbonyl (C=O) groups is 1. The Balaban J connectivity index is 1.66. The van der Waals surface area contributed by atoms with Crippen molar-refractivity contribution in [3.8, 4) is 5.75 Å². The molecule has 3 rings (SSSR count). The fourth-order valence-corrected chi connectivity index (χ4v) is 4.11. The minimum Gasteiger partial charge on any atom is -0.496 e. The summed E-state index contributed by atoms with van der Waals surface area (Å²) in [6.07, 6.45) is 6.10. The maximum atomic E-state index is 12.7. The Hall–Kier alpha value is -2.15. The number of piperidine rings is 1. The van der Waals surface area contributed by atoms with Crippen LogP contribution in [0.2, 0.25) is 0 Å². The number of carbonyl (C=O) groups excluding carboxylic acids is 1. The van der Waals surface area contributed by atoms with Crippen LogP contribution in [0.4, 0.5) is 10.6 Å². The van der Waals surface area contributed by atoms with E-state index in [0.29, 0.717) is 18.3 Å². The lowest BCUT2D eigenvalue weighted by molar-refractivity contribution is 0.183. The number of methoxy groups -OCH3 is 1. The average Bonchev–Trinajstić information content (AvgIpc) is 3.09. The molecule has 0 bridgehead atoms. The summed E-state index contributed by atoms with van der Waals surface area (Å²) < 4.78 is 7.20. The van der Waals surface area contributed by atoms with Crippen molar-refractivity contribution < 1.29 is 9.53 Å². The Morgan fingerprint density at radius 2 is 2.23 bits per heavy atom. The summed E-state index contributed by atoms with van der Waals surface area (Å²) in [7, 11) is 1.66. The number of anilines is 1. The fraction of sp³-hybridized carbons (Fsp3) is 0.474. The van der Waals surface area contributed by atoms with E-state index in [2.05, 4.69) is 16.7 Å². The van der Waals surface area contributed by atoms with Crippen molar-refractivity contribution in [1.29, 1.82) is 0 Å². The van der Waals surface area contributed by atoms with Crippen molar-refractivity contribution in [2.24, 2.45) is 5.92 Å². The molecule has 2 aromatic rings. The Morgan fingerprint density at radius 3 is 3.04 bits per heavy atom. The normalized spacial score (nSPS) is 17.2. The third-order valence-corrected chi connectivity index (χ3v) is 5.48. The third kappa shape index (κ3) is 4.52. The number of aromatic nitrogens is 2. The monoisotopic (exact) mass is 374 g/mol. The molecule has 1 aliphatic rings. The lowest BCUT2D eigenvalue weighted by atomic mass is 10.0. The number of nitrogens with zero attached hydrogens (tertiary/aromatic N) is 3. The quantitative estimate of drug-likeness (QED) is 0.840. The highest BCUT2D eigenvalue weighted by Crippen LogP contribution is 2.22. The van der Waals surface area contributed by atoms with Gasteiger partial charge in [-0.05, 0) is 36.8 Å². The van der Waals surface area contributed by atoms with Gasteiger partial charge in [0.15, 0.2) is 0 Å². The highest BCUT2D eigenvalue weighted by Gasteiger charge is 2.24. The van der Waals surface area contributed by atoms with Gasteiger partial charge in [0.2, 0.25) is 0 Å². The number of hydrogen-bond acceptors (Lipinski definition) is 4. The summed E-state index contributed by atoms with van der Waals surface area (Å²) in [5, 5.41) is 7.37. The summed E-state index contributed by atoms with van der Waals surface area (Å²) in [4.78, 5) is 14.6. The van der Waals surface area contributed by atoms with Crippen molar-refractivity contribution in [1.82, 2.24) is 14.7 Å². The molecule has 1 saturated heterocycles. The molecule has 0 saturated carbocycles. The molecule has 0 radical (unpaired) electrons. The van der Waals surface area contributed by atoms with Gasteiger partial charge in [0, 0.05) is 24.7 Å². The number of para-hydroxylation sites is 1. The highest BCUT2D eigenvalue weighted by molar-refractivity contribution is 7.98. The summed E-state index contributed by atoms with van der Waals surface area (Å²) in [5.74, 6) is 3.21. The zero-order chi connectivity index (χ0) is 18.4. The molecule has 140 valence electrons. The molecule has 1 fully saturated rings. The van der Waals surface area contributed by atoms with Gasteiger partial charge in [0.1, 0.15) is 11.6 Å². The van der Waals surface area contributed by atoms with Gasteiger partial charge in [0.25, 0.3) is 0 Å². The van der Waals surface area contributed by atoms with E-state index in [1.54, 1.807) is 18.0 Å². The molecule has 2 heterocycles. The van der Waals surface area contributed by atoms with Gasteiger partial charge in [0.05, 0.1) is 19.9 Å². The van der Waals surface area contributed by atoms with Crippen molar-refractivity contribution in [3.63, 3.8) is 0 Å². The molecule has 26 heavy (non-hydrogen) atoms. The summed E-state index contributed by atoms with van der Waals surface area (Å²) in [6, 6.07) is 9.63. The van der Waals surface area contributed by atoms with E-state index >= 15 is 0 Å². The molecule has 1 aromatic heterocycles. The van der Waals surface area contributed by atoms with Crippen molar-refractivity contribution in [3.05, 3.63) is 42.1 Å². The molecule has 1 aromatic carbocycles. The first-order valence-corrected chi connectivity index (χ1v) is 10.3.